The van der Waals surface area contributed by atoms with Crippen molar-refractivity contribution < 1.29 is 0 Å². The number of hydrogen-bond acceptors (Lipinski definition) is 4. The summed E-state index contributed by atoms with van der Waals surface area (Å²) in [7, 11) is 0. The van der Waals surface area contributed by atoms with Crippen LogP contribution in [0.3, 0.4) is 0 Å². The Labute approximate surface area is 148 Å². The predicted molar refractivity (Wildman–Crippen MR) is 96.4 cm³/mol. The van der Waals surface area contributed by atoms with Crippen LogP contribution in [0.5, 0.6) is 0 Å². The number of halogens is 1. The lowest BCUT2D eigenvalue weighted by atomic mass is 10.0. The van der Waals surface area contributed by atoms with Crippen molar-refractivity contribution in [2.45, 2.75) is 10.4 Å². The monoisotopic (exact) mass is 352 g/mol. The quantitative estimate of drug-likeness (QED) is 0.501. The van der Waals surface area contributed by atoms with Crippen molar-refractivity contribution in [3.05, 3.63) is 89.2 Å². The van der Waals surface area contributed by atoms with Gasteiger partial charge in [0.1, 0.15) is 0 Å². The van der Waals surface area contributed by atoms with Crippen LogP contribution in [0, 0.1) is 0 Å². The lowest BCUT2D eigenvalue weighted by Gasteiger charge is -2.16. The topological polar surface area (TPSA) is 43.1 Å². The van der Waals surface area contributed by atoms with Gasteiger partial charge in [0.2, 0.25) is 5.16 Å². The predicted octanol–water partition coefficient (Wildman–Crippen LogP) is 4.66. The van der Waals surface area contributed by atoms with Crippen LogP contribution < -0.4 is 0 Å². The number of aromatic nitrogens is 4. The molecule has 0 saturated carbocycles. The van der Waals surface area contributed by atoms with Crippen molar-refractivity contribution in [1.29, 1.82) is 0 Å². The van der Waals surface area contributed by atoms with Crippen LogP contribution in [0.2, 0.25) is 5.02 Å². The summed E-state index contributed by atoms with van der Waals surface area (Å²) in [5.74, 6) is 0.600. The van der Waals surface area contributed by atoms with Crippen molar-refractivity contribution >= 4 is 29.1 Å². The summed E-state index contributed by atoms with van der Waals surface area (Å²) in [4.78, 5) is 8.72. The van der Waals surface area contributed by atoms with E-state index in [4.69, 9.17) is 11.6 Å². The molecular formula is C18H13ClN4S. The fraction of sp³-hybridized carbons (Fsp3) is 0.0556. The van der Waals surface area contributed by atoms with Crippen LogP contribution >= 0.6 is 23.4 Å². The van der Waals surface area contributed by atoms with Crippen molar-refractivity contribution in [2.75, 3.05) is 0 Å². The first-order chi connectivity index (χ1) is 11.8. The molecule has 6 heteroatoms. The molecule has 0 spiro atoms. The fourth-order valence-electron chi connectivity index (χ4n) is 2.46. The minimum absolute atomic E-state index is 0.0841. The molecule has 4 aromatic rings. The zero-order valence-electron chi connectivity index (χ0n) is 12.6. The molecular weight excluding hydrogens is 340 g/mol. The molecule has 1 atom stereocenters. The smallest absolute Gasteiger partial charge is 0.220 e. The Morgan fingerprint density at radius 2 is 1.67 bits per heavy atom. The highest BCUT2D eigenvalue weighted by atomic mass is 35.5. The third-order valence-corrected chi connectivity index (χ3v) is 5.01. The second kappa shape index (κ2) is 6.63. The van der Waals surface area contributed by atoms with E-state index in [2.05, 4.69) is 27.2 Å². The minimum Gasteiger partial charge on any atom is -0.220 e. The summed E-state index contributed by atoms with van der Waals surface area (Å²) >= 11 is 7.63. The van der Waals surface area contributed by atoms with Gasteiger partial charge >= 0.3 is 0 Å². The van der Waals surface area contributed by atoms with Crippen molar-refractivity contribution in [2.24, 2.45) is 0 Å². The highest BCUT2D eigenvalue weighted by molar-refractivity contribution is 7.99. The number of thioether (sulfide) groups is 1. The zero-order valence-corrected chi connectivity index (χ0v) is 14.2. The maximum atomic E-state index is 6.03. The van der Waals surface area contributed by atoms with Crippen LogP contribution in [-0.2, 0) is 0 Å². The lowest BCUT2D eigenvalue weighted by Crippen LogP contribution is -1.97. The van der Waals surface area contributed by atoms with E-state index in [0.29, 0.717) is 10.9 Å². The van der Waals surface area contributed by atoms with E-state index in [1.54, 1.807) is 22.5 Å². The van der Waals surface area contributed by atoms with Gasteiger partial charge in [-0.2, -0.15) is 4.98 Å². The normalized spacial score (nSPS) is 12.4. The Morgan fingerprint density at radius 3 is 2.42 bits per heavy atom. The van der Waals surface area contributed by atoms with E-state index in [-0.39, 0.29) is 5.25 Å². The van der Waals surface area contributed by atoms with E-state index < -0.39 is 0 Å². The number of nitrogens with zero attached hydrogens (tertiary/aromatic N) is 4. The molecule has 118 valence electrons. The van der Waals surface area contributed by atoms with Gasteiger partial charge in [-0.15, -0.1) is 5.10 Å². The second-order valence-corrected chi connectivity index (χ2v) is 6.73. The number of rotatable bonds is 4. The molecule has 1 unspecified atom stereocenters. The molecule has 0 aliphatic rings. The number of hydrogen-bond donors (Lipinski definition) is 0. The first-order valence-electron chi connectivity index (χ1n) is 7.44. The van der Waals surface area contributed by atoms with Crippen LogP contribution in [0.25, 0.3) is 5.78 Å². The molecule has 0 aliphatic heterocycles. The average molecular weight is 353 g/mol. The molecule has 0 amide bonds. The summed E-state index contributed by atoms with van der Waals surface area (Å²) in [6, 6.07) is 20.1. The highest BCUT2D eigenvalue weighted by Crippen LogP contribution is 2.39. The van der Waals surface area contributed by atoms with Crippen molar-refractivity contribution in [1.82, 2.24) is 19.6 Å². The van der Waals surface area contributed by atoms with E-state index in [1.165, 1.54) is 5.56 Å². The first kappa shape index (κ1) is 15.2. The standard InChI is InChI=1S/C18H13ClN4S/c19-15-9-7-14(8-10-15)16(13-5-2-1-3-6-13)24-18-21-17-20-11-4-12-23(17)22-18/h1-12,16H. The zero-order chi connectivity index (χ0) is 16.4. The van der Waals surface area contributed by atoms with Gasteiger partial charge in [0, 0.05) is 17.4 Å². The van der Waals surface area contributed by atoms with Gasteiger partial charge in [-0.05, 0) is 29.3 Å². The van der Waals surface area contributed by atoms with Crippen LogP contribution in [0.15, 0.2) is 78.2 Å². The Balaban J connectivity index is 1.73. The first-order valence-corrected chi connectivity index (χ1v) is 8.70. The largest absolute Gasteiger partial charge is 0.253 e. The van der Waals surface area contributed by atoms with Gasteiger partial charge < -0.3 is 0 Å². The van der Waals surface area contributed by atoms with E-state index in [0.717, 1.165) is 10.6 Å². The summed E-state index contributed by atoms with van der Waals surface area (Å²) in [6.07, 6.45) is 3.56. The van der Waals surface area contributed by atoms with Gasteiger partial charge in [0.05, 0.1) is 5.25 Å². The summed E-state index contributed by atoms with van der Waals surface area (Å²) < 4.78 is 1.69. The Kier molecular flexibility index (Phi) is 4.19. The molecule has 0 N–H and O–H groups in total. The molecule has 0 bridgehead atoms. The minimum atomic E-state index is 0.0841. The summed E-state index contributed by atoms with van der Waals surface area (Å²) in [5, 5.41) is 6.00. The van der Waals surface area contributed by atoms with Gasteiger partial charge in [0.15, 0.2) is 0 Å². The van der Waals surface area contributed by atoms with E-state index in [9.17, 15) is 0 Å². The summed E-state index contributed by atoms with van der Waals surface area (Å²) in [5.41, 5.74) is 2.35. The van der Waals surface area contributed by atoms with Crippen LogP contribution in [0.4, 0.5) is 0 Å². The van der Waals surface area contributed by atoms with Crippen LogP contribution in [0.1, 0.15) is 16.4 Å². The average Bonchev–Trinajstić information content (AvgIpc) is 3.04. The molecule has 0 fully saturated rings. The number of benzene rings is 2. The molecule has 2 aromatic carbocycles. The van der Waals surface area contributed by atoms with E-state index in [1.807, 2.05) is 54.7 Å². The van der Waals surface area contributed by atoms with Crippen molar-refractivity contribution in [3.63, 3.8) is 0 Å². The molecule has 2 aromatic heterocycles. The lowest BCUT2D eigenvalue weighted by molar-refractivity contribution is 0.877. The molecule has 0 saturated heterocycles. The van der Waals surface area contributed by atoms with Crippen LogP contribution in [-0.4, -0.2) is 19.6 Å². The Morgan fingerprint density at radius 1 is 0.917 bits per heavy atom. The second-order valence-electron chi connectivity index (χ2n) is 5.22. The third-order valence-electron chi connectivity index (χ3n) is 3.60. The Hall–Kier alpha value is -2.37. The Bertz CT molecular complexity index is 921. The maximum Gasteiger partial charge on any atom is 0.253 e. The summed E-state index contributed by atoms with van der Waals surface area (Å²) in [6.45, 7) is 0. The third kappa shape index (κ3) is 3.13. The number of fused-ring (bicyclic) bond motifs is 1. The van der Waals surface area contributed by atoms with Gasteiger partial charge in [-0.25, -0.2) is 9.50 Å². The molecule has 4 nitrogen and oxygen atoms in total. The highest BCUT2D eigenvalue weighted by Gasteiger charge is 2.18. The molecule has 4 rings (SSSR count). The molecule has 0 aliphatic carbocycles. The van der Waals surface area contributed by atoms with Gasteiger partial charge in [0.25, 0.3) is 5.78 Å². The molecule has 0 radical (unpaired) electrons. The van der Waals surface area contributed by atoms with Crippen molar-refractivity contribution in [3.8, 4) is 0 Å². The SMILES string of the molecule is Clc1ccc(C(Sc2nc3ncccn3n2)c2ccccc2)cc1. The molecule has 2 heterocycles. The van der Waals surface area contributed by atoms with Gasteiger partial charge in [-0.1, -0.05) is 65.8 Å². The maximum absolute atomic E-state index is 6.03. The van der Waals surface area contributed by atoms with Gasteiger partial charge in [-0.3, -0.25) is 0 Å². The van der Waals surface area contributed by atoms with E-state index >= 15 is 0 Å². The fourth-order valence-corrected chi connectivity index (χ4v) is 3.66. The molecule has 24 heavy (non-hydrogen) atoms.